The number of carbonyl (C=O) groups is 2. The molecule has 2 unspecified atom stereocenters. The van der Waals surface area contributed by atoms with Gasteiger partial charge in [0, 0.05) is 58.3 Å². The zero-order valence-corrected chi connectivity index (χ0v) is 20.5. The Balaban J connectivity index is 1.12. The zero-order chi connectivity index (χ0) is 23.4. The van der Waals surface area contributed by atoms with Gasteiger partial charge in [0.1, 0.15) is 15.9 Å². The number of piperidine rings is 3. The summed E-state index contributed by atoms with van der Waals surface area (Å²) in [6.07, 6.45) is 3.71. The summed E-state index contributed by atoms with van der Waals surface area (Å²) in [7, 11) is -3.71. The highest BCUT2D eigenvalue weighted by molar-refractivity contribution is 7.89. The molecule has 0 N–H and O–H groups in total. The van der Waals surface area contributed by atoms with Gasteiger partial charge in [0.05, 0.1) is 11.7 Å². The van der Waals surface area contributed by atoms with Gasteiger partial charge >= 0.3 is 6.03 Å². The van der Waals surface area contributed by atoms with Crippen LogP contribution in [0.15, 0.2) is 23.1 Å². The lowest BCUT2D eigenvalue weighted by molar-refractivity contribution is -0.144. The van der Waals surface area contributed by atoms with Crippen LogP contribution in [0.4, 0.5) is 4.79 Å². The number of nitrogens with zero attached hydrogens (tertiary/aromatic N) is 6. The topological polar surface area (TPSA) is 107 Å². The first-order valence-electron chi connectivity index (χ1n) is 12.0. The predicted octanol–water partition coefficient (Wildman–Crippen LogP) is 1.45. The molecule has 4 aliphatic heterocycles. The van der Waals surface area contributed by atoms with Crippen LogP contribution in [0.5, 0.6) is 0 Å². The number of urea groups is 1. The molecule has 0 radical (unpaired) electrons. The molecule has 1 aromatic heterocycles. The maximum Gasteiger partial charge on any atom is 0.320 e. The molecule has 6 rings (SSSR count). The molecule has 4 aliphatic rings. The standard InChI is InChI=1S/C22H28N6O4S2/c29-20-6-2-4-18-16-11-15(13-28(18)20)12-26(14-16)22(30)25-7-9-27(10-8-25)34(31,32)19-5-1-3-17-21(19)24-33-23-17/h1,3,5,15-16,18H,2,4,6-14H2/t15?,16?,18-/m1/s1. The maximum absolute atomic E-state index is 13.4. The van der Waals surface area contributed by atoms with E-state index < -0.39 is 10.0 Å². The monoisotopic (exact) mass is 504 g/mol. The first kappa shape index (κ1) is 22.2. The van der Waals surface area contributed by atoms with Gasteiger partial charge in [-0.3, -0.25) is 4.79 Å². The van der Waals surface area contributed by atoms with Crippen molar-refractivity contribution in [3.05, 3.63) is 18.2 Å². The second kappa shape index (κ2) is 8.42. The van der Waals surface area contributed by atoms with Crippen LogP contribution in [-0.2, 0) is 14.8 Å². The Morgan fingerprint density at radius 3 is 2.68 bits per heavy atom. The number of carbonyl (C=O) groups excluding carboxylic acids is 2. The van der Waals surface area contributed by atoms with Gasteiger partial charge in [-0.2, -0.15) is 13.1 Å². The van der Waals surface area contributed by atoms with E-state index >= 15 is 0 Å². The van der Waals surface area contributed by atoms with Gasteiger partial charge in [-0.1, -0.05) is 6.07 Å². The van der Waals surface area contributed by atoms with E-state index in [1.165, 1.54) is 4.31 Å². The molecule has 5 heterocycles. The number of likely N-dealkylation sites (tertiary alicyclic amines) is 1. The van der Waals surface area contributed by atoms with Crippen molar-refractivity contribution in [2.45, 2.75) is 36.6 Å². The number of hydrogen-bond acceptors (Lipinski definition) is 7. The summed E-state index contributed by atoms with van der Waals surface area (Å²) in [5.74, 6) is 0.941. The van der Waals surface area contributed by atoms with E-state index in [4.69, 9.17) is 0 Å². The second-order valence-electron chi connectivity index (χ2n) is 9.83. The molecule has 3 atom stereocenters. The van der Waals surface area contributed by atoms with Crippen molar-refractivity contribution in [3.8, 4) is 0 Å². The number of fused-ring (bicyclic) bond motifs is 5. The average Bonchev–Trinajstić information content (AvgIpc) is 3.33. The van der Waals surface area contributed by atoms with Gasteiger partial charge < -0.3 is 14.7 Å². The Labute approximate surface area is 202 Å². The molecule has 3 amide bonds. The summed E-state index contributed by atoms with van der Waals surface area (Å²) in [5.41, 5.74) is 0.981. The molecule has 2 aromatic rings. The summed E-state index contributed by atoms with van der Waals surface area (Å²) in [4.78, 5) is 31.7. The summed E-state index contributed by atoms with van der Waals surface area (Å²) >= 11 is 1.00. The summed E-state index contributed by atoms with van der Waals surface area (Å²) in [6, 6.07) is 5.27. The number of benzene rings is 1. The van der Waals surface area contributed by atoms with Crippen LogP contribution < -0.4 is 0 Å². The Hall–Kier alpha value is -2.31. The normalized spacial score (nSPS) is 28.3. The van der Waals surface area contributed by atoms with Gasteiger partial charge in [0.15, 0.2) is 0 Å². The van der Waals surface area contributed by atoms with Gasteiger partial charge in [-0.05, 0) is 43.2 Å². The van der Waals surface area contributed by atoms with Crippen LogP contribution in [0, 0.1) is 11.8 Å². The Kier molecular flexibility index (Phi) is 5.49. The van der Waals surface area contributed by atoms with E-state index in [1.807, 2.05) is 4.90 Å². The number of sulfonamides is 1. The average molecular weight is 505 g/mol. The first-order valence-corrected chi connectivity index (χ1v) is 14.1. The number of hydrogen-bond donors (Lipinski definition) is 0. The summed E-state index contributed by atoms with van der Waals surface area (Å²) in [5, 5.41) is 0. The Morgan fingerprint density at radius 2 is 1.85 bits per heavy atom. The van der Waals surface area contributed by atoms with E-state index in [0.717, 1.165) is 37.5 Å². The van der Waals surface area contributed by atoms with Crippen LogP contribution in [0.1, 0.15) is 25.7 Å². The molecule has 2 bridgehead atoms. The number of amides is 3. The third-order valence-corrected chi connectivity index (χ3v) is 10.3. The first-order chi connectivity index (χ1) is 16.4. The van der Waals surface area contributed by atoms with E-state index in [9.17, 15) is 18.0 Å². The van der Waals surface area contributed by atoms with Crippen molar-refractivity contribution < 1.29 is 18.0 Å². The summed E-state index contributed by atoms with van der Waals surface area (Å²) in [6.45, 7) is 3.35. The molecule has 0 saturated carbocycles. The van der Waals surface area contributed by atoms with Crippen molar-refractivity contribution in [2.75, 3.05) is 45.8 Å². The molecule has 0 spiro atoms. The van der Waals surface area contributed by atoms with E-state index in [2.05, 4.69) is 13.6 Å². The highest BCUT2D eigenvalue weighted by Crippen LogP contribution is 2.38. The molecular weight excluding hydrogens is 476 g/mol. The van der Waals surface area contributed by atoms with Crippen molar-refractivity contribution in [1.29, 1.82) is 0 Å². The van der Waals surface area contributed by atoms with E-state index in [-0.39, 0.29) is 36.0 Å². The maximum atomic E-state index is 13.4. The van der Waals surface area contributed by atoms with Crippen molar-refractivity contribution in [2.24, 2.45) is 11.8 Å². The summed E-state index contributed by atoms with van der Waals surface area (Å²) < 4.78 is 36.3. The fourth-order valence-electron chi connectivity index (χ4n) is 6.21. The van der Waals surface area contributed by atoms with Crippen molar-refractivity contribution >= 4 is 44.7 Å². The number of rotatable bonds is 2. The molecule has 182 valence electrons. The highest BCUT2D eigenvalue weighted by atomic mass is 32.2. The number of piperazine rings is 1. The Bertz CT molecular complexity index is 1220. The van der Waals surface area contributed by atoms with Crippen LogP contribution >= 0.6 is 11.7 Å². The molecule has 1 aromatic carbocycles. The zero-order valence-electron chi connectivity index (χ0n) is 18.9. The molecule has 0 aliphatic carbocycles. The minimum absolute atomic E-state index is 0.00635. The van der Waals surface area contributed by atoms with Gasteiger partial charge in [-0.15, -0.1) is 0 Å². The van der Waals surface area contributed by atoms with Crippen LogP contribution in [0.25, 0.3) is 11.0 Å². The molecule has 4 saturated heterocycles. The van der Waals surface area contributed by atoms with Gasteiger partial charge in [-0.25, -0.2) is 13.2 Å². The fourth-order valence-corrected chi connectivity index (χ4v) is 8.39. The molecular formula is C22H28N6O4S2. The minimum atomic E-state index is -3.71. The van der Waals surface area contributed by atoms with Gasteiger partial charge in [0.25, 0.3) is 0 Å². The van der Waals surface area contributed by atoms with Gasteiger partial charge in [0.2, 0.25) is 15.9 Å². The van der Waals surface area contributed by atoms with Crippen molar-refractivity contribution in [1.82, 2.24) is 27.8 Å². The third kappa shape index (κ3) is 3.66. The van der Waals surface area contributed by atoms with E-state index in [1.54, 1.807) is 23.1 Å². The van der Waals surface area contributed by atoms with Crippen LogP contribution in [-0.4, -0.2) is 100.0 Å². The second-order valence-corrected chi connectivity index (χ2v) is 12.3. The number of aromatic nitrogens is 2. The third-order valence-electron chi connectivity index (χ3n) is 7.83. The molecule has 34 heavy (non-hydrogen) atoms. The lowest BCUT2D eigenvalue weighted by atomic mass is 9.76. The molecule has 4 fully saturated rings. The lowest BCUT2D eigenvalue weighted by Gasteiger charge is -2.53. The van der Waals surface area contributed by atoms with Crippen LogP contribution in [0.3, 0.4) is 0 Å². The quantitative estimate of drug-likeness (QED) is 0.613. The van der Waals surface area contributed by atoms with Crippen LogP contribution in [0.2, 0.25) is 0 Å². The fraction of sp³-hybridized carbons (Fsp3) is 0.636. The predicted molar refractivity (Wildman–Crippen MR) is 126 cm³/mol. The Morgan fingerprint density at radius 1 is 1.03 bits per heavy atom. The minimum Gasteiger partial charge on any atom is -0.339 e. The van der Waals surface area contributed by atoms with Crippen molar-refractivity contribution in [3.63, 3.8) is 0 Å². The van der Waals surface area contributed by atoms with E-state index in [0.29, 0.717) is 55.5 Å². The SMILES string of the molecule is O=C(N1CCN(S(=O)(=O)c2cccc3nsnc23)CC1)N1CC2CC(C1)[C@H]1CCCC(=O)N1C2. The smallest absolute Gasteiger partial charge is 0.320 e. The molecule has 10 nitrogen and oxygen atoms in total. The molecule has 12 heteroatoms. The lowest BCUT2D eigenvalue weighted by Crippen LogP contribution is -2.63. The largest absolute Gasteiger partial charge is 0.339 e. The highest BCUT2D eigenvalue weighted by Gasteiger charge is 2.45.